The van der Waals surface area contributed by atoms with E-state index in [-0.39, 0.29) is 38.1 Å². The van der Waals surface area contributed by atoms with Gasteiger partial charge in [0.1, 0.15) is 17.2 Å². The van der Waals surface area contributed by atoms with Gasteiger partial charge in [0.2, 0.25) is 11.8 Å². The Labute approximate surface area is 241 Å². The molecule has 3 N–H and O–H groups in total. The van der Waals surface area contributed by atoms with E-state index in [1.54, 1.807) is 36.6 Å². The molecular formula is C33H30N2O7. The van der Waals surface area contributed by atoms with Gasteiger partial charge in [-0.2, -0.15) is 0 Å². The first-order chi connectivity index (χ1) is 20.3. The minimum absolute atomic E-state index is 0.0215. The summed E-state index contributed by atoms with van der Waals surface area (Å²) in [6.45, 7) is 1.87. The fourth-order valence-corrected chi connectivity index (χ4v) is 5.00. The van der Waals surface area contributed by atoms with Crippen LogP contribution < -0.4 is 16.3 Å². The third kappa shape index (κ3) is 6.41. The fourth-order valence-electron chi connectivity index (χ4n) is 5.00. The van der Waals surface area contributed by atoms with Gasteiger partial charge in [0.15, 0.2) is 0 Å². The number of hydrogen-bond acceptors (Lipinski definition) is 6. The van der Waals surface area contributed by atoms with Crippen LogP contribution in [-0.4, -0.2) is 35.5 Å². The summed E-state index contributed by atoms with van der Waals surface area (Å²) < 4.78 is 11.3. The Kier molecular flexibility index (Phi) is 8.47. The van der Waals surface area contributed by atoms with Crippen LogP contribution in [0.15, 0.2) is 92.7 Å². The Morgan fingerprint density at radius 3 is 2.31 bits per heavy atom. The maximum Gasteiger partial charge on any atom is 0.339 e. The molecule has 1 unspecified atom stereocenters. The molecule has 0 fully saturated rings. The summed E-state index contributed by atoms with van der Waals surface area (Å²) in [7, 11) is 0. The molecule has 0 aliphatic rings. The molecule has 0 spiro atoms. The minimum Gasteiger partial charge on any atom is -0.480 e. The molecule has 214 valence electrons. The van der Waals surface area contributed by atoms with Crippen LogP contribution in [0, 0.1) is 6.92 Å². The topological polar surface area (TPSA) is 139 Å². The smallest absolute Gasteiger partial charge is 0.339 e. The highest BCUT2D eigenvalue weighted by atomic mass is 16.4. The number of carbonyl (C=O) groups excluding carboxylic acids is 2. The number of hydrogen-bond donors (Lipinski definition) is 3. The first-order valence-electron chi connectivity index (χ1n) is 13.7. The number of amides is 2. The number of fused-ring (bicyclic) bond motifs is 2. The van der Waals surface area contributed by atoms with E-state index in [0.717, 1.165) is 33.0 Å². The third-order valence-electron chi connectivity index (χ3n) is 7.26. The van der Waals surface area contributed by atoms with Gasteiger partial charge in [-0.25, -0.2) is 9.59 Å². The van der Waals surface area contributed by atoms with E-state index >= 15 is 0 Å². The monoisotopic (exact) mass is 566 g/mol. The van der Waals surface area contributed by atoms with Gasteiger partial charge < -0.3 is 24.6 Å². The van der Waals surface area contributed by atoms with Crippen molar-refractivity contribution >= 4 is 39.7 Å². The van der Waals surface area contributed by atoms with Crippen LogP contribution in [0.1, 0.15) is 29.5 Å². The van der Waals surface area contributed by atoms with Crippen molar-refractivity contribution < 1.29 is 28.3 Å². The molecule has 5 aromatic rings. The summed E-state index contributed by atoms with van der Waals surface area (Å²) in [5, 5.41) is 16.3. The molecule has 0 saturated heterocycles. The fraction of sp³-hybridized carbons (Fsp3) is 0.212. The molecule has 0 radical (unpaired) electrons. The Morgan fingerprint density at radius 2 is 1.60 bits per heavy atom. The molecule has 9 heteroatoms. The number of carboxylic acids is 1. The summed E-state index contributed by atoms with van der Waals surface area (Å²) in [6.07, 6.45) is 1.94. The molecule has 42 heavy (non-hydrogen) atoms. The number of benzene rings is 3. The van der Waals surface area contributed by atoms with E-state index in [1.165, 1.54) is 0 Å². The molecule has 2 heterocycles. The summed E-state index contributed by atoms with van der Waals surface area (Å²) in [5.74, 6) is -1.95. The Balaban J connectivity index is 1.20. The van der Waals surface area contributed by atoms with E-state index < -0.39 is 23.5 Å². The van der Waals surface area contributed by atoms with Gasteiger partial charge >= 0.3 is 11.6 Å². The summed E-state index contributed by atoms with van der Waals surface area (Å²) in [6, 6.07) is 21.4. The average Bonchev–Trinajstić information content (AvgIpc) is 3.39. The summed E-state index contributed by atoms with van der Waals surface area (Å²) >= 11 is 0. The van der Waals surface area contributed by atoms with Gasteiger partial charge in [-0.05, 0) is 36.1 Å². The second-order valence-electron chi connectivity index (χ2n) is 10.1. The van der Waals surface area contributed by atoms with Crippen molar-refractivity contribution in [3.63, 3.8) is 0 Å². The number of aliphatic carboxylic acids is 1. The van der Waals surface area contributed by atoms with Gasteiger partial charge in [-0.1, -0.05) is 60.7 Å². The zero-order valence-electron chi connectivity index (χ0n) is 23.0. The van der Waals surface area contributed by atoms with Crippen molar-refractivity contribution in [1.82, 2.24) is 10.6 Å². The SMILES string of the molecule is Cc1c(CCC(=O)NCCC(=O)NC(Cc2ccccc2)C(=O)O)c(=O)oc2cc3occ(-c4ccccc4)c3cc12. The highest BCUT2D eigenvalue weighted by Gasteiger charge is 2.21. The number of carbonyl (C=O) groups is 3. The molecule has 0 bridgehead atoms. The number of carboxylic acid groups (broad SMARTS) is 1. The Bertz CT molecular complexity index is 1810. The molecule has 9 nitrogen and oxygen atoms in total. The summed E-state index contributed by atoms with van der Waals surface area (Å²) in [5.41, 5.74) is 4.36. The Hall–Kier alpha value is -5.18. The number of furan rings is 1. The number of rotatable bonds is 11. The molecule has 3 aromatic carbocycles. The van der Waals surface area contributed by atoms with E-state index in [4.69, 9.17) is 8.83 Å². The number of nitrogens with one attached hydrogen (secondary N) is 2. The number of aryl methyl sites for hydroxylation is 1. The zero-order chi connectivity index (χ0) is 29.6. The third-order valence-corrected chi connectivity index (χ3v) is 7.26. The second-order valence-corrected chi connectivity index (χ2v) is 10.1. The zero-order valence-corrected chi connectivity index (χ0v) is 23.0. The normalized spacial score (nSPS) is 11.8. The van der Waals surface area contributed by atoms with E-state index in [9.17, 15) is 24.3 Å². The van der Waals surface area contributed by atoms with Gasteiger partial charge in [0.25, 0.3) is 0 Å². The van der Waals surface area contributed by atoms with Gasteiger partial charge in [0, 0.05) is 53.8 Å². The highest BCUT2D eigenvalue weighted by Crippen LogP contribution is 2.34. The van der Waals surface area contributed by atoms with Crippen LogP contribution in [-0.2, 0) is 27.2 Å². The maximum atomic E-state index is 12.8. The highest BCUT2D eigenvalue weighted by molar-refractivity contribution is 6.02. The predicted octanol–water partition coefficient (Wildman–Crippen LogP) is 4.77. The van der Waals surface area contributed by atoms with E-state index in [2.05, 4.69) is 10.6 Å². The van der Waals surface area contributed by atoms with Crippen molar-refractivity contribution in [2.24, 2.45) is 0 Å². The lowest BCUT2D eigenvalue weighted by Gasteiger charge is -2.15. The summed E-state index contributed by atoms with van der Waals surface area (Å²) in [4.78, 5) is 49.2. The van der Waals surface area contributed by atoms with Crippen molar-refractivity contribution in [2.45, 2.75) is 38.6 Å². The largest absolute Gasteiger partial charge is 0.480 e. The van der Waals surface area contributed by atoms with Gasteiger partial charge in [-0.3, -0.25) is 9.59 Å². The van der Waals surface area contributed by atoms with Crippen LogP contribution in [0.25, 0.3) is 33.1 Å². The Morgan fingerprint density at radius 1 is 0.881 bits per heavy atom. The first kappa shape index (κ1) is 28.4. The second kappa shape index (κ2) is 12.6. The van der Waals surface area contributed by atoms with E-state index in [0.29, 0.717) is 16.7 Å². The van der Waals surface area contributed by atoms with Crippen LogP contribution >= 0.6 is 0 Å². The lowest BCUT2D eigenvalue weighted by molar-refractivity contribution is -0.141. The van der Waals surface area contributed by atoms with Crippen LogP contribution in [0.5, 0.6) is 0 Å². The lowest BCUT2D eigenvalue weighted by atomic mass is 9.99. The maximum absolute atomic E-state index is 12.8. The van der Waals surface area contributed by atoms with Gasteiger partial charge in [0.05, 0.1) is 6.26 Å². The average molecular weight is 567 g/mol. The molecule has 0 aliphatic heterocycles. The van der Waals surface area contributed by atoms with Crippen molar-refractivity contribution in [3.8, 4) is 11.1 Å². The molecule has 0 saturated carbocycles. The molecule has 1 atom stereocenters. The van der Waals surface area contributed by atoms with Crippen LogP contribution in [0.2, 0.25) is 0 Å². The minimum atomic E-state index is -1.13. The van der Waals surface area contributed by atoms with Crippen molar-refractivity contribution in [2.75, 3.05) is 6.54 Å². The van der Waals surface area contributed by atoms with Crippen LogP contribution in [0.4, 0.5) is 0 Å². The predicted molar refractivity (Wildman–Crippen MR) is 158 cm³/mol. The van der Waals surface area contributed by atoms with Crippen LogP contribution in [0.3, 0.4) is 0 Å². The standard InChI is InChI=1S/C33H30N2O7/c1-20-23(12-13-30(36)34-15-14-31(37)35-27(32(38)39)16-21-8-4-2-5-9-21)33(40)42-29-18-28-25(17-24(20)29)26(19-41-28)22-10-6-3-7-11-22/h2-11,17-19,27H,12-16H2,1H3,(H,34,36)(H,35,37)(H,38,39). The molecule has 5 rings (SSSR count). The molecule has 2 amide bonds. The molecule has 0 aliphatic carbocycles. The molecular weight excluding hydrogens is 536 g/mol. The molecule has 2 aromatic heterocycles. The lowest BCUT2D eigenvalue weighted by Crippen LogP contribution is -2.43. The first-order valence-corrected chi connectivity index (χ1v) is 13.7. The van der Waals surface area contributed by atoms with Crippen molar-refractivity contribution in [3.05, 3.63) is 106 Å². The van der Waals surface area contributed by atoms with Crippen molar-refractivity contribution in [1.29, 1.82) is 0 Å². The quantitative estimate of drug-likeness (QED) is 0.196. The van der Waals surface area contributed by atoms with Gasteiger partial charge in [-0.15, -0.1) is 0 Å². The van der Waals surface area contributed by atoms with E-state index in [1.807, 2.05) is 49.4 Å².